The Morgan fingerprint density at radius 2 is 2.05 bits per heavy atom. The number of nitrogens with one attached hydrogen (secondary N) is 1. The first-order chi connectivity index (χ1) is 17.8. The Balaban J connectivity index is 1.44. The summed E-state index contributed by atoms with van der Waals surface area (Å²) >= 11 is 4.78. The topological polar surface area (TPSA) is 150 Å². The number of hydrogen-bond donors (Lipinski definition) is 3. The lowest BCUT2D eigenvalue weighted by Gasteiger charge is -2.53. The van der Waals surface area contributed by atoms with Crippen LogP contribution in [0.15, 0.2) is 46.2 Å². The molecule has 2 saturated heterocycles. The van der Waals surface area contributed by atoms with E-state index in [1.807, 2.05) is 6.07 Å². The quantitative estimate of drug-likeness (QED) is 0.198. The second kappa shape index (κ2) is 10.9. The molecule has 196 valence electrons. The molecule has 37 heavy (non-hydrogen) atoms. The number of hydrogen-bond acceptors (Lipinski definition) is 11. The van der Waals surface area contributed by atoms with Crippen LogP contribution < -0.4 is 11.6 Å². The van der Waals surface area contributed by atoms with E-state index in [9.17, 15) is 13.2 Å². The summed E-state index contributed by atoms with van der Waals surface area (Å²) in [6.07, 6.45) is 3.12. The van der Waals surface area contributed by atoms with Crippen LogP contribution >= 0.6 is 27.7 Å². The SMILES string of the molecule is N/C(=C\N(N)C1C2OCC2OC(Sc2cncc(Br)c2)C1OCc1nnn[nH]1)c1cc(F)c(F)c(F)c1. The van der Waals surface area contributed by atoms with Gasteiger partial charge >= 0.3 is 0 Å². The summed E-state index contributed by atoms with van der Waals surface area (Å²) in [6, 6.07) is 2.81. The van der Waals surface area contributed by atoms with Gasteiger partial charge in [0.2, 0.25) is 0 Å². The second-order valence-corrected chi connectivity index (χ2v) is 10.3. The molecular weight excluding hydrogens is 581 g/mol. The fourth-order valence-electron chi connectivity index (χ4n) is 3.98. The highest BCUT2D eigenvalue weighted by molar-refractivity contribution is 9.10. The zero-order valence-electron chi connectivity index (χ0n) is 18.8. The van der Waals surface area contributed by atoms with Gasteiger partial charge in [-0.3, -0.25) is 4.98 Å². The van der Waals surface area contributed by atoms with Crippen molar-refractivity contribution < 1.29 is 27.4 Å². The maximum absolute atomic E-state index is 13.8. The third-order valence-corrected chi connectivity index (χ3v) is 7.29. The van der Waals surface area contributed by atoms with Crippen molar-refractivity contribution in [2.24, 2.45) is 11.6 Å². The summed E-state index contributed by atoms with van der Waals surface area (Å²) in [4.78, 5) is 5.00. The first-order valence-electron chi connectivity index (χ1n) is 10.8. The van der Waals surface area contributed by atoms with E-state index in [1.165, 1.54) is 23.0 Å². The Bertz CT molecular complexity index is 1270. The van der Waals surface area contributed by atoms with Crippen LogP contribution in [-0.4, -0.2) is 67.0 Å². The van der Waals surface area contributed by atoms with E-state index < -0.39 is 41.1 Å². The van der Waals surface area contributed by atoms with Crippen LogP contribution in [-0.2, 0) is 20.8 Å². The number of aromatic amines is 1. The molecule has 2 aliphatic rings. The number of aromatic nitrogens is 5. The Labute approximate surface area is 220 Å². The van der Waals surface area contributed by atoms with Crippen molar-refractivity contribution in [3.8, 4) is 0 Å². The van der Waals surface area contributed by atoms with Crippen molar-refractivity contribution >= 4 is 33.4 Å². The Morgan fingerprint density at radius 1 is 1.27 bits per heavy atom. The highest BCUT2D eigenvalue weighted by Crippen LogP contribution is 2.41. The first kappa shape index (κ1) is 25.9. The molecule has 1 aromatic carbocycles. The summed E-state index contributed by atoms with van der Waals surface area (Å²) in [5.74, 6) is 2.46. The molecule has 0 aliphatic carbocycles. The predicted octanol–water partition coefficient (Wildman–Crippen LogP) is 2.08. The van der Waals surface area contributed by atoms with E-state index in [4.69, 9.17) is 25.8 Å². The molecule has 4 heterocycles. The molecule has 2 aliphatic heterocycles. The van der Waals surface area contributed by atoms with Gasteiger partial charge in [-0.05, 0) is 44.6 Å². The van der Waals surface area contributed by atoms with Crippen LogP contribution in [0.2, 0.25) is 0 Å². The summed E-state index contributed by atoms with van der Waals surface area (Å²) in [7, 11) is 0. The van der Waals surface area contributed by atoms with Crippen LogP contribution in [0.5, 0.6) is 0 Å². The van der Waals surface area contributed by atoms with Gasteiger partial charge in [-0.25, -0.2) is 24.1 Å². The van der Waals surface area contributed by atoms with E-state index in [-0.39, 0.29) is 24.0 Å². The normalized spacial score (nSPS) is 25.4. The number of nitrogens with zero attached hydrogens (tertiary/aromatic N) is 5. The molecule has 0 radical (unpaired) electrons. The molecular formula is C21H20BrF3N8O3S. The van der Waals surface area contributed by atoms with Crippen molar-refractivity contribution in [2.75, 3.05) is 6.61 Å². The Kier molecular flexibility index (Phi) is 7.64. The number of fused-ring (bicyclic) bond motifs is 1. The van der Waals surface area contributed by atoms with Crippen LogP contribution in [0.4, 0.5) is 13.2 Å². The molecule has 0 bridgehead atoms. The van der Waals surface area contributed by atoms with Crippen molar-refractivity contribution in [3.05, 3.63) is 70.1 Å². The molecule has 5 N–H and O–H groups in total. The minimum atomic E-state index is -1.59. The van der Waals surface area contributed by atoms with Crippen LogP contribution in [0.1, 0.15) is 11.4 Å². The van der Waals surface area contributed by atoms with Gasteiger partial charge in [-0.1, -0.05) is 11.8 Å². The number of benzene rings is 1. The van der Waals surface area contributed by atoms with Crippen molar-refractivity contribution in [1.29, 1.82) is 0 Å². The number of rotatable bonds is 8. The van der Waals surface area contributed by atoms with Gasteiger partial charge in [0, 0.05) is 33.5 Å². The minimum absolute atomic E-state index is 0.00410. The van der Waals surface area contributed by atoms with Gasteiger partial charge in [0.05, 0.1) is 12.3 Å². The van der Waals surface area contributed by atoms with Gasteiger partial charge in [0.15, 0.2) is 23.3 Å². The molecule has 11 nitrogen and oxygen atoms in total. The number of ether oxygens (including phenoxy) is 3. The summed E-state index contributed by atoms with van der Waals surface area (Å²) in [5, 5.41) is 14.8. The molecule has 5 unspecified atom stereocenters. The van der Waals surface area contributed by atoms with Gasteiger partial charge in [0.25, 0.3) is 0 Å². The number of hydrazine groups is 1. The van der Waals surface area contributed by atoms with Gasteiger partial charge in [0.1, 0.15) is 36.4 Å². The average molecular weight is 601 g/mol. The lowest BCUT2D eigenvalue weighted by Crippen LogP contribution is -2.70. The van der Waals surface area contributed by atoms with Crippen LogP contribution in [0.3, 0.4) is 0 Å². The smallest absolute Gasteiger partial charge is 0.194 e. The Morgan fingerprint density at radius 3 is 2.70 bits per heavy atom. The molecule has 16 heteroatoms. The maximum Gasteiger partial charge on any atom is 0.194 e. The number of halogens is 4. The molecule has 3 aromatic rings. The zero-order valence-corrected chi connectivity index (χ0v) is 21.2. The van der Waals surface area contributed by atoms with E-state index in [0.29, 0.717) is 12.4 Å². The highest BCUT2D eigenvalue weighted by atomic mass is 79.9. The van der Waals surface area contributed by atoms with Crippen LogP contribution in [0, 0.1) is 17.5 Å². The molecule has 2 fully saturated rings. The first-order valence-corrected chi connectivity index (χ1v) is 12.5. The van der Waals surface area contributed by atoms with E-state index in [1.54, 1.807) is 12.4 Å². The zero-order chi connectivity index (χ0) is 26.1. The fraction of sp³-hybridized carbons (Fsp3) is 0.333. The van der Waals surface area contributed by atoms with Gasteiger partial charge in [-0.2, -0.15) is 0 Å². The largest absolute Gasteiger partial charge is 0.397 e. The molecule has 5 atom stereocenters. The van der Waals surface area contributed by atoms with Gasteiger partial charge in [-0.15, -0.1) is 5.10 Å². The van der Waals surface area contributed by atoms with Crippen molar-refractivity contribution in [3.63, 3.8) is 0 Å². The van der Waals surface area contributed by atoms with Crippen LogP contribution in [0.25, 0.3) is 5.70 Å². The van der Waals surface area contributed by atoms with Gasteiger partial charge < -0.3 is 25.0 Å². The maximum atomic E-state index is 13.8. The number of H-pyrrole nitrogens is 1. The van der Waals surface area contributed by atoms with E-state index in [0.717, 1.165) is 21.5 Å². The van der Waals surface area contributed by atoms with Crippen molar-refractivity contribution in [2.45, 2.75) is 41.3 Å². The lowest BCUT2D eigenvalue weighted by atomic mass is 9.92. The van der Waals surface area contributed by atoms with E-state index in [2.05, 4.69) is 41.5 Å². The summed E-state index contributed by atoms with van der Waals surface area (Å²) in [5.41, 5.74) is 5.34. The highest BCUT2D eigenvalue weighted by Gasteiger charge is 2.54. The Hall–Kier alpha value is -2.76. The molecule has 0 amide bonds. The fourth-order valence-corrected chi connectivity index (χ4v) is 5.65. The average Bonchev–Trinajstić information content (AvgIpc) is 3.36. The number of tetrazole rings is 1. The standard InChI is InChI=1S/C21H20BrF3N8O3S/c22-10-3-11(5-28-4-10)37-21-20(35-8-16-29-31-32-30-16)18(19-15(36-21)7-34-19)33(27)6-14(26)9-1-12(23)17(25)13(24)2-9/h1-6,15,18-21H,7-8,26-27H2,(H,29,30,31,32)/b14-6-. The molecule has 2 aromatic heterocycles. The predicted molar refractivity (Wildman–Crippen MR) is 127 cm³/mol. The van der Waals surface area contributed by atoms with Crippen molar-refractivity contribution in [1.82, 2.24) is 30.6 Å². The lowest BCUT2D eigenvalue weighted by molar-refractivity contribution is -0.277. The third-order valence-electron chi connectivity index (χ3n) is 5.75. The number of nitrogens with two attached hydrogens (primary N) is 2. The summed E-state index contributed by atoms with van der Waals surface area (Å²) in [6.45, 7) is 0.346. The van der Waals surface area contributed by atoms with E-state index >= 15 is 0 Å². The monoisotopic (exact) mass is 600 g/mol. The number of pyridine rings is 1. The second-order valence-electron chi connectivity index (χ2n) is 8.20. The minimum Gasteiger partial charge on any atom is -0.397 e. The number of thioether (sulfide) groups is 1. The molecule has 0 saturated carbocycles. The molecule has 0 spiro atoms. The molecule has 5 rings (SSSR count). The summed E-state index contributed by atoms with van der Waals surface area (Å²) < 4.78 is 59.9. The third kappa shape index (κ3) is 5.58.